The standard InChI is InChI=1S/C15H19Cl2NO/c1-10(2)8-15(5-6-18-9-15)14(19)11-3-4-12(16)13(17)7-11/h3-4,7,10,18H,5-6,8-9H2,1-2H3/t15-/m0/s1. The second-order valence-corrected chi connectivity index (χ2v) is 6.58. The molecule has 1 aromatic rings. The van der Waals surface area contributed by atoms with Crippen LogP contribution in [0.1, 0.15) is 37.0 Å². The molecule has 1 heterocycles. The molecule has 1 fully saturated rings. The third-order valence-electron chi connectivity index (χ3n) is 3.71. The average Bonchev–Trinajstić information content (AvgIpc) is 2.80. The van der Waals surface area contributed by atoms with E-state index in [2.05, 4.69) is 19.2 Å². The Morgan fingerprint density at radius 1 is 1.37 bits per heavy atom. The van der Waals surface area contributed by atoms with E-state index in [1.807, 2.05) is 0 Å². The number of Topliss-reactive ketones (excluding diaryl/α,β-unsaturated/α-hetero) is 1. The van der Waals surface area contributed by atoms with Gasteiger partial charge in [0.2, 0.25) is 0 Å². The van der Waals surface area contributed by atoms with Crippen molar-refractivity contribution in [1.29, 1.82) is 0 Å². The van der Waals surface area contributed by atoms with Crippen LogP contribution in [0.25, 0.3) is 0 Å². The van der Waals surface area contributed by atoms with Crippen molar-refractivity contribution in [2.45, 2.75) is 26.7 Å². The van der Waals surface area contributed by atoms with E-state index in [4.69, 9.17) is 23.2 Å². The van der Waals surface area contributed by atoms with E-state index in [0.29, 0.717) is 21.5 Å². The van der Waals surface area contributed by atoms with Crippen molar-refractivity contribution >= 4 is 29.0 Å². The van der Waals surface area contributed by atoms with E-state index < -0.39 is 0 Å². The molecule has 0 radical (unpaired) electrons. The van der Waals surface area contributed by atoms with Gasteiger partial charge in [-0.1, -0.05) is 37.0 Å². The van der Waals surface area contributed by atoms with E-state index >= 15 is 0 Å². The van der Waals surface area contributed by atoms with E-state index in [1.54, 1.807) is 18.2 Å². The van der Waals surface area contributed by atoms with Crippen LogP contribution < -0.4 is 5.32 Å². The number of carbonyl (C=O) groups is 1. The van der Waals surface area contributed by atoms with Crippen LogP contribution in [0.3, 0.4) is 0 Å². The third kappa shape index (κ3) is 3.13. The Labute approximate surface area is 124 Å². The Bertz CT molecular complexity index is 479. The van der Waals surface area contributed by atoms with Crippen molar-refractivity contribution in [3.8, 4) is 0 Å². The maximum Gasteiger partial charge on any atom is 0.170 e. The summed E-state index contributed by atoms with van der Waals surface area (Å²) in [6, 6.07) is 5.16. The molecule has 0 bridgehead atoms. The number of rotatable bonds is 4. The van der Waals surface area contributed by atoms with Gasteiger partial charge in [0.15, 0.2) is 5.78 Å². The highest BCUT2D eigenvalue weighted by atomic mass is 35.5. The highest BCUT2D eigenvalue weighted by Gasteiger charge is 2.41. The third-order valence-corrected chi connectivity index (χ3v) is 4.45. The molecule has 0 aliphatic carbocycles. The lowest BCUT2D eigenvalue weighted by Gasteiger charge is -2.28. The van der Waals surface area contributed by atoms with E-state index in [1.165, 1.54) is 0 Å². The Balaban J connectivity index is 2.31. The van der Waals surface area contributed by atoms with Crippen molar-refractivity contribution < 1.29 is 4.79 Å². The van der Waals surface area contributed by atoms with Crippen LogP contribution in [0.2, 0.25) is 10.0 Å². The molecule has 0 amide bonds. The summed E-state index contributed by atoms with van der Waals surface area (Å²) in [4.78, 5) is 12.8. The fourth-order valence-corrected chi connectivity index (χ4v) is 3.23. The smallest absolute Gasteiger partial charge is 0.170 e. The fourth-order valence-electron chi connectivity index (χ4n) is 2.93. The number of hydrogen-bond acceptors (Lipinski definition) is 2. The van der Waals surface area contributed by atoms with Crippen molar-refractivity contribution in [2.24, 2.45) is 11.3 Å². The lowest BCUT2D eigenvalue weighted by atomic mass is 9.74. The van der Waals surface area contributed by atoms with Gasteiger partial charge < -0.3 is 5.32 Å². The molecule has 0 aromatic heterocycles. The van der Waals surface area contributed by atoms with Crippen LogP contribution in [0.4, 0.5) is 0 Å². The number of halogens is 2. The first-order chi connectivity index (χ1) is 8.94. The fraction of sp³-hybridized carbons (Fsp3) is 0.533. The van der Waals surface area contributed by atoms with E-state index in [0.717, 1.165) is 25.9 Å². The van der Waals surface area contributed by atoms with Gasteiger partial charge in [-0.2, -0.15) is 0 Å². The predicted octanol–water partition coefficient (Wildman–Crippen LogP) is 4.20. The highest BCUT2D eigenvalue weighted by molar-refractivity contribution is 6.42. The molecule has 1 saturated heterocycles. The molecule has 104 valence electrons. The molecule has 0 saturated carbocycles. The van der Waals surface area contributed by atoms with Gasteiger partial charge >= 0.3 is 0 Å². The Morgan fingerprint density at radius 2 is 2.11 bits per heavy atom. The lowest BCUT2D eigenvalue weighted by Crippen LogP contribution is -2.35. The van der Waals surface area contributed by atoms with Crippen molar-refractivity contribution in [3.05, 3.63) is 33.8 Å². The number of ketones is 1. The van der Waals surface area contributed by atoms with E-state index in [9.17, 15) is 4.79 Å². The number of carbonyl (C=O) groups excluding carboxylic acids is 1. The van der Waals surface area contributed by atoms with Gasteiger partial charge in [0.05, 0.1) is 10.0 Å². The second kappa shape index (κ2) is 5.82. The summed E-state index contributed by atoms with van der Waals surface area (Å²) in [7, 11) is 0. The van der Waals surface area contributed by atoms with Crippen LogP contribution in [0.5, 0.6) is 0 Å². The minimum absolute atomic E-state index is 0.185. The van der Waals surface area contributed by atoms with Crippen LogP contribution in [-0.2, 0) is 0 Å². The van der Waals surface area contributed by atoms with Crippen LogP contribution >= 0.6 is 23.2 Å². The molecule has 1 aromatic carbocycles. The largest absolute Gasteiger partial charge is 0.316 e. The Kier molecular flexibility index (Phi) is 4.54. The zero-order valence-corrected chi connectivity index (χ0v) is 12.8. The van der Waals surface area contributed by atoms with Gasteiger partial charge in [0.1, 0.15) is 0 Å². The minimum Gasteiger partial charge on any atom is -0.316 e. The predicted molar refractivity (Wildman–Crippen MR) is 80.2 cm³/mol. The van der Waals surface area contributed by atoms with Crippen molar-refractivity contribution in [1.82, 2.24) is 5.32 Å². The SMILES string of the molecule is CC(C)C[C@@]1(C(=O)c2ccc(Cl)c(Cl)c2)CCNC1. The van der Waals surface area contributed by atoms with Crippen LogP contribution in [-0.4, -0.2) is 18.9 Å². The maximum absolute atomic E-state index is 12.8. The zero-order valence-electron chi connectivity index (χ0n) is 11.3. The number of benzene rings is 1. The summed E-state index contributed by atoms with van der Waals surface area (Å²) in [5, 5.41) is 4.24. The summed E-state index contributed by atoms with van der Waals surface area (Å²) >= 11 is 11.9. The van der Waals surface area contributed by atoms with Gasteiger partial charge in [0, 0.05) is 17.5 Å². The molecule has 19 heavy (non-hydrogen) atoms. The molecule has 1 aliphatic heterocycles. The first-order valence-corrected chi connectivity index (χ1v) is 7.41. The molecular weight excluding hydrogens is 281 g/mol. The summed E-state index contributed by atoms with van der Waals surface area (Å²) in [5.41, 5.74) is 0.379. The molecule has 0 unspecified atom stereocenters. The second-order valence-electron chi connectivity index (χ2n) is 5.76. The molecule has 1 aliphatic rings. The van der Waals surface area contributed by atoms with Crippen LogP contribution in [0.15, 0.2) is 18.2 Å². The van der Waals surface area contributed by atoms with Gasteiger partial charge in [-0.3, -0.25) is 4.79 Å². The van der Waals surface area contributed by atoms with Gasteiger partial charge in [-0.15, -0.1) is 0 Å². The first kappa shape index (κ1) is 14.8. The minimum atomic E-state index is -0.286. The average molecular weight is 300 g/mol. The maximum atomic E-state index is 12.8. The highest BCUT2D eigenvalue weighted by Crippen LogP contribution is 2.37. The van der Waals surface area contributed by atoms with Crippen molar-refractivity contribution in [2.75, 3.05) is 13.1 Å². The molecule has 4 heteroatoms. The first-order valence-electron chi connectivity index (χ1n) is 6.65. The van der Waals surface area contributed by atoms with Gasteiger partial charge in [-0.25, -0.2) is 0 Å². The molecule has 2 nitrogen and oxygen atoms in total. The Morgan fingerprint density at radius 3 is 2.63 bits per heavy atom. The summed E-state index contributed by atoms with van der Waals surface area (Å²) in [6.07, 6.45) is 1.79. The van der Waals surface area contributed by atoms with E-state index in [-0.39, 0.29) is 11.2 Å². The molecular formula is C15H19Cl2NO. The topological polar surface area (TPSA) is 29.1 Å². The molecule has 1 atom stereocenters. The van der Waals surface area contributed by atoms with Gasteiger partial charge in [0.25, 0.3) is 0 Å². The summed E-state index contributed by atoms with van der Waals surface area (Å²) in [5.74, 6) is 0.677. The lowest BCUT2D eigenvalue weighted by molar-refractivity contribution is 0.0782. The summed E-state index contributed by atoms with van der Waals surface area (Å²) in [6.45, 7) is 5.97. The van der Waals surface area contributed by atoms with Gasteiger partial charge in [-0.05, 0) is 43.5 Å². The summed E-state index contributed by atoms with van der Waals surface area (Å²) < 4.78 is 0. The molecule has 1 N–H and O–H groups in total. The molecule has 2 rings (SSSR count). The monoisotopic (exact) mass is 299 g/mol. The van der Waals surface area contributed by atoms with Crippen LogP contribution in [0, 0.1) is 11.3 Å². The quantitative estimate of drug-likeness (QED) is 0.844. The normalized spacial score (nSPS) is 23.0. The zero-order chi connectivity index (χ0) is 14.0. The number of nitrogens with one attached hydrogen (secondary N) is 1. The van der Waals surface area contributed by atoms with Crippen molar-refractivity contribution in [3.63, 3.8) is 0 Å². The number of hydrogen-bond donors (Lipinski definition) is 1. The molecule has 0 spiro atoms. The Hall–Kier alpha value is -0.570.